The minimum atomic E-state index is -1.11. The van der Waals surface area contributed by atoms with Gasteiger partial charge in [0.25, 0.3) is 0 Å². The topological polar surface area (TPSA) is 57.5 Å². The molecule has 5 heteroatoms. The molecule has 0 saturated carbocycles. The number of aliphatic hydroxyl groups excluding tert-OH is 1. The van der Waals surface area contributed by atoms with Crippen molar-refractivity contribution in [1.82, 2.24) is 0 Å². The first-order valence-corrected chi connectivity index (χ1v) is 4.60. The summed E-state index contributed by atoms with van der Waals surface area (Å²) in [6.45, 7) is -0.489. The van der Waals surface area contributed by atoms with E-state index >= 15 is 0 Å². The number of halogens is 2. The summed E-state index contributed by atoms with van der Waals surface area (Å²) in [6.07, 6.45) is 0. The standard InChI is InChI=1S/C9H8Cl2O3/c10-5-1-2-6(8(11)3-5)7(4-12)9(13)14/h1-3,7,12H,4H2,(H,13,14). The van der Waals surface area contributed by atoms with Crippen LogP contribution in [0.5, 0.6) is 0 Å². The third kappa shape index (κ3) is 2.38. The molecule has 0 aliphatic heterocycles. The largest absolute Gasteiger partial charge is 0.481 e. The zero-order chi connectivity index (χ0) is 10.7. The summed E-state index contributed by atoms with van der Waals surface area (Å²) in [5.74, 6) is -2.11. The Balaban J connectivity index is 3.10. The number of carboxylic acid groups (broad SMARTS) is 1. The first-order valence-electron chi connectivity index (χ1n) is 3.85. The van der Waals surface area contributed by atoms with Gasteiger partial charge in [0, 0.05) is 10.0 Å². The van der Waals surface area contributed by atoms with Crippen LogP contribution in [0.25, 0.3) is 0 Å². The van der Waals surface area contributed by atoms with E-state index in [0.717, 1.165) is 0 Å². The maximum Gasteiger partial charge on any atom is 0.313 e. The van der Waals surface area contributed by atoms with E-state index in [-0.39, 0.29) is 5.02 Å². The fraction of sp³-hybridized carbons (Fsp3) is 0.222. The van der Waals surface area contributed by atoms with Crippen molar-refractivity contribution in [1.29, 1.82) is 0 Å². The van der Waals surface area contributed by atoms with Crippen molar-refractivity contribution in [3.63, 3.8) is 0 Å². The van der Waals surface area contributed by atoms with Crippen LogP contribution in [0.3, 0.4) is 0 Å². The van der Waals surface area contributed by atoms with E-state index < -0.39 is 18.5 Å². The Bertz CT molecular complexity index is 352. The number of aliphatic hydroxyl groups is 1. The van der Waals surface area contributed by atoms with Gasteiger partial charge in [0.1, 0.15) is 5.92 Å². The highest BCUT2D eigenvalue weighted by Crippen LogP contribution is 2.27. The third-order valence-electron chi connectivity index (χ3n) is 1.82. The SMILES string of the molecule is O=C(O)C(CO)c1ccc(Cl)cc1Cl. The molecule has 14 heavy (non-hydrogen) atoms. The summed E-state index contributed by atoms with van der Waals surface area (Å²) in [4.78, 5) is 10.7. The minimum Gasteiger partial charge on any atom is -0.481 e. The van der Waals surface area contributed by atoms with Crippen molar-refractivity contribution in [2.45, 2.75) is 5.92 Å². The summed E-state index contributed by atoms with van der Waals surface area (Å²) in [5.41, 5.74) is 0.367. The lowest BCUT2D eigenvalue weighted by molar-refractivity contribution is -0.139. The zero-order valence-corrected chi connectivity index (χ0v) is 8.59. The number of carbonyl (C=O) groups is 1. The van der Waals surface area contributed by atoms with Gasteiger partial charge in [-0.05, 0) is 17.7 Å². The molecule has 76 valence electrons. The molecule has 1 rings (SSSR count). The van der Waals surface area contributed by atoms with E-state index in [1.54, 1.807) is 0 Å². The average molecular weight is 235 g/mol. The van der Waals surface area contributed by atoms with Gasteiger partial charge in [-0.25, -0.2) is 0 Å². The lowest BCUT2D eigenvalue weighted by atomic mass is 10.0. The molecule has 0 aliphatic rings. The van der Waals surface area contributed by atoms with Gasteiger partial charge < -0.3 is 10.2 Å². The first kappa shape index (κ1) is 11.3. The third-order valence-corrected chi connectivity index (χ3v) is 2.38. The molecular formula is C9H8Cl2O3. The van der Waals surface area contributed by atoms with Crippen molar-refractivity contribution < 1.29 is 15.0 Å². The van der Waals surface area contributed by atoms with Gasteiger partial charge in [0.2, 0.25) is 0 Å². The maximum atomic E-state index is 10.7. The number of aliphatic carboxylic acids is 1. The zero-order valence-electron chi connectivity index (χ0n) is 7.08. The fourth-order valence-electron chi connectivity index (χ4n) is 1.09. The predicted molar refractivity (Wildman–Crippen MR) is 53.9 cm³/mol. The molecule has 3 nitrogen and oxygen atoms in total. The molecule has 0 bridgehead atoms. The second-order valence-corrected chi connectivity index (χ2v) is 3.58. The second kappa shape index (κ2) is 4.64. The van der Waals surface area contributed by atoms with Gasteiger partial charge in [-0.1, -0.05) is 29.3 Å². The molecule has 0 heterocycles. The van der Waals surface area contributed by atoms with Gasteiger partial charge in [-0.2, -0.15) is 0 Å². The first-order chi connectivity index (χ1) is 6.56. The molecule has 2 N–H and O–H groups in total. The monoisotopic (exact) mass is 234 g/mol. The van der Waals surface area contributed by atoms with Crippen molar-refractivity contribution in [2.75, 3.05) is 6.61 Å². The average Bonchev–Trinajstić information content (AvgIpc) is 2.09. The summed E-state index contributed by atoms with van der Waals surface area (Å²) in [7, 11) is 0. The van der Waals surface area contributed by atoms with Crippen LogP contribution >= 0.6 is 23.2 Å². The van der Waals surface area contributed by atoms with E-state index in [1.807, 2.05) is 0 Å². The number of hydrogen-bond donors (Lipinski definition) is 2. The Morgan fingerprint density at radius 3 is 2.50 bits per heavy atom. The van der Waals surface area contributed by atoms with Crippen LogP contribution in [-0.4, -0.2) is 22.8 Å². The second-order valence-electron chi connectivity index (χ2n) is 2.74. The highest BCUT2D eigenvalue weighted by atomic mass is 35.5. The molecule has 0 saturated heterocycles. The Hall–Kier alpha value is -0.770. The molecule has 0 amide bonds. The molecule has 1 aromatic rings. The van der Waals surface area contributed by atoms with Crippen LogP contribution < -0.4 is 0 Å². The van der Waals surface area contributed by atoms with Gasteiger partial charge in [-0.3, -0.25) is 4.79 Å². The summed E-state index contributed by atoms with van der Waals surface area (Å²) >= 11 is 11.4. The molecular weight excluding hydrogens is 227 g/mol. The lowest BCUT2D eigenvalue weighted by Crippen LogP contribution is -2.15. The number of rotatable bonds is 3. The summed E-state index contributed by atoms with van der Waals surface area (Å²) < 4.78 is 0. The molecule has 0 spiro atoms. The van der Waals surface area contributed by atoms with Crippen LogP contribution in [0, 0.1) is 0 Å². The van der Waals surface area contributed by atoms with Crippen molar-refractivity contribution in [3.05, 3.63) is 33.8 Å². The number of hydrogen-bond acceptors (Lipinski definition) is 2. The van der Waals surface area contributed by atoms with E-state index in [9.17, 15) is 4.79 Å². The normalized spacial score (nSPS) is 12.5. The summed E-state index contributed by atoms with van der Waals surface area (Å²) in [5, 5.41) is 18.3. The van der Waals surface area contributed by atoms with Crippen LogP contribution in [0.1, 0.15) is 11.5 Å². The van der Waals surface area contributed by atoms with E-state index in [1.165, 1.54) is 18.2 Å². The number of benzene rings is 1. The molecule has 0 radical (unpaired) electrons. The molecule has 1 aromatic carbocycles. The number of carboxylic acids is 1. The van der Waals surface area contributed by atoms with Crippen molar-refractivity contribution in [2.24, 2.45) is 0 Å². The van der Waals surface area contributed by atoms with Gasteiger partial charge in [0.15, 0.2) is 0 Å². The Kier molecular flexibility index (Phi) is 3.75. The van der Waals surface area contributed by atoms with Gasteiger partial charge >= 0.3 is 5.97 Å². The van der Waals surface area contributed by atoms with Crippen molar-refractivity contribution in [3.8, 4) is 0 Å². The van der Waals surface area contributed by atoms with Crippen molar-refractivity contribution >= 4 is 29.2 Å². The Labute approximate surface area is 90.9 Å². The molecule has 0 aliphatic carbocycles. The van der Waals surface area contributed by atoms with Crippen LogP contribution in [0.2, 0.25) is 10.0 Å². The Morgan fingerprint density at radius 1 is 1.43 bits per heavy atom. The highest BCUT2D eigenvalue weighted by Gasteiger charge is 2.21. The smallest absolute Gasteiger partial charge is 0.313 e. The lowest BCUT2D eigenvalue weighted by Gasteiger charge is -2.11. The highest BCUT2D eigenvalue weighted by molar-refractivity contribution is 6.35. The quantitative estimate of drug-likeness (QED) is 0.843. The van der Waals surface area contributed by atoms with Crippen LogP contribution in [-0.2, 0) is 4.79 Å². The maximum absolute atomic E-state index is 10.7. The van der Waals surface area contributed by atoms with E-state index in [4.69, 9.17) is 33.4 Å². The molecule has 0 fully saturated rings. The van der Waals surface area contributed by atoms with Crippen LogP contribution in [0.4, 0.5) is 0 Å². The molecule has 1 atom stereocenters. The van der Waals surface area contributed by atoms with E-state index in [2.05, 4.69) is 0 Å². The Morgan fingerprint density at radius 2 is 2.07 bits per heavy atom. The van der Waals surface area contributed by atoms with Crippen LogP contribution in [0.15, 0.2) is 18.2 Å². The minimum absolute atomic E-state index is 0.249. The van der Waals surface area contributed by atoms with Gasteiger partial charge in [-0.15, -0.1) is 0 Å². The van der Waals surface area contributed by atoms with Gasteiger partial charge in [0.05, 0.1) is 6.61 Å². The van der Waals surface area contributed by atoms with E-state index in [0.29, 0.717) is 10.6 Å². The summed E-state index contributed by atoms with van der Waals surface area (Å²) in [6, 6.07) is 4.48. The predicted octanol–water partition coefficient (Wildman–Crippen LogP) is 2.15. The molecule has 1 unspecified atom stereocenters. The molecule has 0 aromatic heterocycles. The fourth-order valence-corrected chi connectivity index (χ4v) is 1.63.